The number of carbonyl (C=O) groups is 1. The number of nitrogens with two attached hydrogens (primary N) is 1. The van der Waals surface area contributed by atoms with Crippen LogP contribution in [0.3, 0.4) is 0 Å². The molecule has 0 bridgehead atoms. The number of amides is 1. The van der Waals surface area contributed by atoms with Crippen LogP contribution in [0.4, 0.5) is 0 Å². The number of rotatable bonds is 6. The summed E-state index contributed by atoms with van der Waals surface area (Å²) in [5, 5.41) is 2.91. The van der Waals surface area contributed by atoms with E-state index in [4.69, 9.17) is 15.2 Å². The molecule has 0 saturated carbocycles. The van der Waals surface area contributed by atoms with Crippen molar-refractivity contribution in [2.45, 2.75) is 23.8 Å². The highest BCUT2D eigenvalue weighted by molar-refractivity contribution is 7.99. The second kappa shape index (κ2) is 7.40. The van der Waals surface area contributed by atoms with Crippen molar-refractivity contribution in [1.29, 1.82) is 0 Å². The Morgan fingerprint density at radius 1 is 1.40 bits per heavy atom. The van der Waals surface area contributed by atoms with Crippen molar-refractivity contribution in [3.63, 3.8) is 0 Å². The van der Waals surface area contributed by atoms with Gasteiger partial charge in [0.05, 0.1) is 19.3 Å². The largest absolute Gasteiger partial charge is 0.490 e. The first kappa shape index (κ1) is 15.0. The first-order chi connectivity index (χ1) is 9.70. The maximum Gasteiger partial charge on any atom is 0.234 e. The molecule has 1 aromatic carbocycles. The highest BCUT2D eigenvalue weighted by Gasteiger charge is 2.13. The fourth-order valence-electron chi connectivity index (χ4n) is 1.96. The predicted octanol–water partition coefficient (Wildman–Crippen LogP) is 1.40. The van der Waals surface area contributed by atoms with Crippen LogP contribution in [0, 0.1) is 0 Å². The quantitative estimate of drug-likeness (QED) is 0.776. The van der Waals surface area contributed by atoms with E-state index in [0.29, 0.717) is 19.6 Å². The molecule has 1 aliphatic heterocycles. The van der Waals surface area contributed by atoms with Gasteiger partial charge >= 0.3 is 0 Å². The van der Waals surface area contributed by atoms with Gasteiger partial charge in [-0.15, -0.1) is 11.8 Å². The third kappa shape index (κ3) is 4.05. The summed E-state index contributed by atoms with van der Waals surface area (Å²) in [5.74, 6) is 2.10. The number of hydrogen-bond donors (Lipinski definition) is 2. The van der Waals surface area contributed by atoms with E-state index in [-0.39, 0.29) is 11.9 Å². The normalized spacial score (nSPS) is 15.4. The van der Waals surface area contributed by atoms with Gasteiger partial charge in [-0.05, 0) is 37.4 Å². The van der Waals surface area contributed by atoms with Gasteiger partial charge in [0.25, 0.3) is 0 Å². The Morgan fingerprint density at radius 3 is 2.85 bits per heavy atom. The Morgan fingerprint density at radius 2 is 2.15 bits per heavy atom. The summed E-state index contributed by atoms with van der Waals surface area (Å²) < 4.78 is 11.2. The minimum atomic E-state index is -0.313. The van der Waals surface area contributed by atoms with Crippen LogP contribution in [0.2, 0.25) is 0 Å². The van der Waals surface area contributed by atoms with Gasteiger partial charge in [-0.3, -0.25) is 4.79 Å². The number of hydrogen-bond acceptors (Lipinski definition) is 5. The lowest BCUT2D eigenvalue weighted by atomic mass is 10.2. The number of fused-ring (bicyclic) bond motifs is 1. The van der Waals surface area contributed by atoms with Crippen LogP contribution in [0.1, 0.15) is 12.8 Å². The number of primary amides is 1. The Labute approximate surface area is 123 Å². The van der Waals surface area contributed by atoms with Crippen molar-refractivity contribution >= 4 is 17.7 Å². The van der Waals surface area contributed by atoms with Gasteiger partial charge in [-0.2, -0.15) is 0 Å². The number of likely N-dealkylation sites (N-methyl/N-ethyl adjacent to an activating group) is 1. The second-order valence-corrected chi connectivity index (χ2v) is 5.71. The molecule has 6 heteroatoms. The van der Waals surface area contributed by atoms with Gasteiger partial charge in [0.15, 0.2) is 11.5 Å². The van der Waals surface area contributed by atoms with Crippen LogP contribution in [0.25, 0.3) is 0 Å². The molecule has 20 heavy (non-hydrogen) atoms. The molecule has 1 amide bonds. The van der Waals surface area contributed by atoms with Crippen molar-refractivity contribution in [3.05, 3.63) is 18.2 Å². The van der Waals surface area contributed by atoms with Gasteiger partial charge in [-0.25, -0.2) is 0 Å². The zero-order chi connectivity index (χ0) is 14.4. The monoisotopic (exact) mass is 296 g/mol. The van der Waals surface area contributed by atoms with Crippen molar-refractivity contribution in [1.82, 2.24) is 5.32 Å². The van der Waals surface area contributed by atoms with Crippen LogP contribution in [0.15, 0.2) is 23.1 Å². The standard InChI is InChI=1S/C14H20N2O3S/c1-16-11(14(15)17)5-8-20-10-3-4-12-13(9-10)19-7-2-6-18-12/h3-4,9,11,16H,2,5-8H2,1H3,(H2,15,17). The topological polar surface area (TPSA) is 73.6 Å². The Kier molecular flexibility index (Phi) is 5.55. The third-order valence-corrected chi connectivity index (χ3v) is 4.11. The summed E-state index contributed by atoms with van der Waals surface area (Å²) in [4.78, 5) is 12.2. The van der Waals surface area contributed by atoms with Crippen molar-refractivity contribution < 1.29 is 14.3 Å². The van der Waals surface area contributed by atoms with Crippen LogP contribution in [-0.4, -0.2) is 38.0 Å². The molecule has 2 rings (SSSR count). The molecule has 0 spiro atoms. The maximum atomic E-state index is 11.1. The minimum Gasteiger partial charge on any atom is -0.490 e. The predicted molar refractivity (Wildman–Crippen MR) is 79.4 cm³/mol. The smallest absolute Gasteiger partial charge is 0.234 e. The Bertz CT molecular complexity index is 468. The molecule has 1 aliphatic rings. The van der Waals surface area contributed by atoms with E-state index in [2.05, 4.69) is 5.32 Å². The molecule has 0 saturated heterocycles. The summed E-state index contributed by atoms with van der Waals surface area (Å²) in [6.07, 6.45) is 1.60. The average molecular weight is 296 g/mol. The fourth-order valence-corrected chi connectivity index (χ4v) is 2.90. The molecule has 0 aromatic heterocycles. The van der Waals surface area contributed by atoms with Crippen LogP contribution in [0.5, 0.6) is 11.5 Å². The molecule has 1 aromatic rings. The lowest BCUT2D eigenvalue weighted by Gasteiger charge is -2.12. The summed E-state index contributed by atoms with van der Waals surface area (Å²) in [5.41, 5.74) is 5.29. The van der Waals surface area contributed by atoms with Crippen molar-refractivity contribution in [2.24, 2.45) is 5.73 Å². The number of nitrogens with one attached hydrogen (secondary N) is 1. The molecule has 1 heterocycles. The lowest BCUT2D eigenvalue weighted by Crippen LogP contribution is -2.39. The lowest BCUT2D eigenvalue weighted by molar-refractivity contribution is -0.119. The second-order valence-electron chi connectivity index (χ2n) is 4.54. The minimum absolute atomic E-state index is 0.275. The van der Waals surface area contributed by atoms with Gasteiger partial charge in [0.1, 0.15) is 0 Å². The molecule has 0 radical (unpaired) electrons. The zero-order valence-corrected chi connectivity index (χ0v) is 12.4. The number of benzene rings is 1. The molecule has 0 fully saturated rings. The van der Waals surface area contributed by atoms with E-state index < -0.39 is 0 Å². The van der Waals surface area contributed by atoms with Gasteiger partial charge in [0, 0.05) is 11.3 Å². The van der Waals surface area contributed by atoms with E-state index in [1.54, 1.807) is 18.8 Å². The third-order valence-electron chi connectivity index (χ3n) is 3.09. The van der Waals surface area contributed by atoms with E-state index >= 15 is 0 Å². The SMILES string of the molecule is CNC(CCSc1ccc2c(c1)OCCCO2)C(N)=O. The Hall–Kier alpha value is -1.40. The zero-order valence-electron chi connectivity index (χ0n) is 11.6. The van der Waals surface area contributed by atoms with Crippen molar-refractivity contribution in [3.8, 4) is 11.5 Å². The molecule has 1 atom stereocenters. The fraction of sp³-hybridized carbons (Fsp3) is 0.500. The number of ether oxygens (including phenoxy) is 2. The maximum absolute atomic E-state index is 11.1. The molecular weight excluding hydrogens is 276 g/mol. The van der Waals surface area contributed by atoms with Crippen molar-refractivity contribution in [2.75, 3.05) is 26.0 Å². The molecular formula is C14H20N2O3S. The van der Waals surface area contributed by atoms with Crippen LogP contribution < -0.4 is 20.5 Å². The number of carbonyl (C=O) groups excluding carboxylic acids is 1. The van der Waals surface area contributed by atoms with E-state index in [0.717, 1.165) is 28.6 Å². The Balaban J connectivity index is 1.90. The van der Waals surface area contributed by atoms with E-state index in [9.17, 15) is 4.79 Å². The van der Waals surface area contributed by atoms with Gasteiger partial charge in [0.2, 0.25) is 5.91 Å². The van der Waals surface area contributed by atoms with Crippen LogP contribution >= 0.6 is 11.8 Å². The molecule has 110 valence electrons. The van der Waals surface area contributed by atoms with Gasteiger partial charge < -0.3 is 20.5 Å². The summed E-state index contributed by atoms with van der Waals surface area (Å²) in [6, 6.07) is 5.66. The number of thioether (sulfide) groups is 1. The molecule has 0 aliphatic carbocycles. The summed E-state index contributed by atoms with van der Waals surface area (Å²) in [7, 11) is 1.74. The molecule has 5 nitrogen and oxygen atoms in total. The first-order valence-corrected chi connectivity index (χ1v) is 7.68. The summed E-state index contributed by atoms with van der Waals surface area (Å²) in [6.45, 7) is 1.38. The van der Waals surface area contributed by atoms with Gasteiger partial charge in [-0.1, -0.05) is 0 Å². The first-order valence-electron chi connectivity index (χ1n) is 6.69. The highest BCUT2D eigenvalue weighted by Crippen LogP contribution is 2.34. The van der Waals surface area contributed by atoms with Crippen LogP contribution in [-0.2, 0) is 4.79 Å². The average Bonchev–Trinajstić information content (AvgIpc) is 2.67. The van der Waals surface area contributed by atoms with E-state index in [1.165, 1.54) is 0 Å². The molecule has 1 unspecified atom stereocenters. The van der Waals surface area contributed by atoms with E-state index in [1.807, 2.05) is 18.2 Å². The molecule has 3 N–H and O–H groups in total. The summed E-state index contributed by atoms with van der Waals surface area (Å²) >= 11 is 1.68. The highest BCUT2D eigenvalue weighted by atomic mass is 32.2.